The Morgan fingerprint density at radius 1 is 1.03 bits per heavy atom. The number of aromatic nitrogens is 2. The van der Waals surface area contributed by atoms with Gasteiger partial charge in [0.15, 0.2) is 0 Å². The molecule has 2 heterocycles. The number of hydrogen-bond acceptors (Lipinski definition) is 5. The molecule has 4 rings (SSSR count). The highest BCUT2D eigenvalue weighted by atomic mass is 19.1. The quantitative estimate of drug-likeness (QED) is 0.644. The summed E-state index contributed by atoms with van der Waals surface area (Å²) in [7, 11) is 0. The van der Waals surface area contributed by atoms with Gasteiger partial charge in [-0.05, 0) is 56.2 Å². The molecule has 1 aromatic heterocycles. The zero-order chi connectivity index (χ0) is 21.8. The maximum atomic E-state index is 13.8. The van der Waals surface area contributed by atoms with Crippen LogP contribution in [0.3, 0.4) is 0 Å². The minimum absolute atomic E-state index is 0.0371. The molecule has 1 amide bonds. The molecule has 3 aromatic rings. The number of anilines is 3. The summed E-state index contributed by atoms with van der Waals surface area (Å²) in [6.07, 6.45) is 1.41. The summed E-state index contributed by atoms with van der Waals surface area (Å²) < 4.78 is 26.9. The Balaban J connectivity index is 1.38. The second-order valence-corrected chi connectivity index (χ2v) is 7.54. The normalized spacial score (nSPS) is 14.4. The summed E-state index contributed by atoms with van der Waals surface area (Å²) in [5.74, 6) is 0.0172. The minimum Gasteiger partial charge on any atom is -0.349 e. The van der Waals surface area contributed by atoms with E-state index in [0.717, 1.165) is 11.4 Å². The van der Waals surface area contributed by atoms with Gasteiger partial charge in [0, 0.05) is 36.6 Å². The van der Waals surface area contributed by atoms with E-state index in [4.69, 9.17) is 0 Å². The van der Waals surface area contributed by atoms with E-state index in [1.165, 1.54) is 24.3 Å². The predicted molar refractivity (Wildman–Crippen MR) is 116 cm³/mol. The Morgan fingerprint density at radius 3 is 2.45 bits per heavy atom. The lowest BCUT2D eigenvalue weighted by molar-refractivity contribution is 0.0927. The van der Waals surface area contributed by atoms with Gasteiger partial charge >= 0.3 is 0 Å². The fourth-order valence-corrected chi connectivity index (χ4v) is 3.57. The highest BCUT2D eigenvalue weighted by Gasteiger charge is 2.24. The molecule has 1 aliphatic rings. The Kier molecular flexibility index (Phi) is 6.06. The number of rotatable bonds is 5. The van der Waals surface area contributed by atoms with Crippen LogP contribution >= 0.6 is 0 Å². The standard InChI is InChI=1S/C23H23F2N5O/c1-15-14-21(27-17-8-6-16(24)7-9-17)29-23(26-15)30-12-10-18(11-13-30)28-22(31)19-4-2-3-5-20(19)25/h2-9,14,18H,10-13H2,1H3,(H,28,31)(H,26,27,29). The number of amides is 1. The molecule has 2 aromatic carbocycles. The van der Waals surface area contributed by atoms with Gasteiger partial charge in [-0.2, -0.15) is 4.98 Å². The molecule has 0 radical (unpaired) electrons. The zero-order valence-electron chi connectivity index (χ0n) is 17.1. The van der Waals surface area contributed by atoms with Gasteiger partial charge in [0.25, 0.3) is 5.91 Å². The molecule has 0 atom stereocenters. The van der Waals surface area contributed by atoms with Crippen LogP contribution in [0.4, 0.5) is 26.2 Å². The monoisotopic (exact) mass is 423 g/mol. The van der Waals surface area contributed by atoms with E-state index in [0.29, 0.717) is 37.7 Å². The van der Waals surface area contributed by atoms with Gasteiger partial charge in [0.1, 0.15) is 17.5 Å². The second kappa shape index (κ2) is 9.07. The van der Waals surface area contributed by atoms with Crippen molar-refractivity contribution >= 4 is 23.4 Å². The van der Waals surface area contributed by atoms with Gasteiger partial charge in [-0.15, -0.1) is 0 Å². The third-order valence-electron chi connectivity index (χ3n) is 5.19. The number of nitrogens with one attached hydrogen (secondary N) is 2. The fourth-order valence-electron chi connectivity index (χ4n) is 3.57. The van der Waals surface area contributed by atoms with Crippen molar-refractivity contribution in [3.05, 3.63) is 77.5 Å². The van der Waals surface area contributed by atoms with Crippen LogP contribution in [0.15, 0.2) is 54.6 Å². The molecule has 1 fully saturated rings. The third kappa shape index (κ3) is 5.14. The van der Waals surface area contributed by atoms with E-state index in [1.54, 1.807) is 24.3 Å². The molecule has 31 heavy (non-hydrogen) atoms. The molecule has 0 bridgehead atoms. The first kappa shape index (κ1) is 20.7. The number of hydrogen-bond donors (Lipinski definition) is 2. The highest BCUT2D eigenvalue weighted by molar-refractivity contribution is 5.94. The fraction of sp³-hybridized carbons (Fsp3) is 0.261. The van der Waals surface area contributed by atoms with E-state index < -0.39 is 11.7 Å². The van der Waals surface area contributed by atoms with Gasteiger partial charge < -0.3 is 15.5 Å². The molecular weight excluding hydrogens is 400 g/mol. The summed E-state index contributed by atoms with van der Waals surface area (Å²) in [6.45, 7) is 3.23. The lowest BCUT2D eigenvalue weighted by Crippen LogP contribution is -2.45. The summed E-state index contributed by atoms with van der Waals surface area (Å²) >= 11 is 0. The number of benzene rings is 2. The van der Waals surface area contributed by atoms with Gasteiger partial charge in [-0.3, -0.25) is 4.79 Å². The predicted octanol–water partition coefficient (Wildman–Crippen LogP) is 4.21. The topological polar surface area (TPSA) is 70.2 Å². The molecule has 8 heteroatoms. The van der Waals surface area contributed by atoms with Crippen molar-refractivity contribution in [2.75, 3.05) is 23.3 Å². The largest absolute Gasteiger partial charge is 0.349 e. The number of piperidine rings is 1. The lowest BCUT2D eigenvalue weighted by atomic mass is 10.0. The molecule has 0 saturated carbocycles. The van der Waals surface area contributed by atoms with Crippen LogP contribution in [0.25, 0.3) is 0 Å². The summed E-state index contributed by atoms with van der Waals surface area (Å²) in [5.41, 5.74) is 1.60. The van der Waals surface area contributed by atoms with Gasteiger partial charge in [0.2, 0.25) is 5.95 Å². The molecule has 1 saturated heterocycles. The van der Waals surface area contributed by atoms with Gasteiger partial charge in [-0.1, -0.05) is 12.1 Å². The van der Waals surface area contributed by atoms with Crippen LogP contribution in [0.1, 0.15) is 28.9 Å². The van der Waals surface area contributed by atoms with Crippen molar-refractivity contribution in [2.45, 2.75) is 25.8 Å². The summed E-state index contributed by atoms with van der Waals surface area (Å²) in [4.78, 5) is 23.5. The number of nitrogens with zero attached hydrogens (tertiary/aromatic N) is 3. The molecule has 0 aliphatic carbocycles. The Hall–Kier alpha value is -3.55. The van der Waals surface area contributed by atoms with Crippen molar-refractivity contribution in [3.8, 4) is 0 Å². The van der Waals surface area contributed by atoms with E-state index >= 15 is 0 Å². The lowest BCUT2D eigenvalue weighted by Gasteiger charge is -2.32. The summed E-state index contributed by atoms with van der Waals surface area (Å²) in [5, 5.41) is 6.09. The minimum atomic E-state index is -0.521. The highest BCUT2D eigenvalue weighted by Crippen LogP contribution is 2.22. The first-order valence-electron chi connectivity index (χ1n) is 10.2. The maximum Gasteiger partial charge on any atom is 0.254 e. The molecule has 160 valence electrons. The number of carbonyl (C=O) groups is 1. The Morgan fingerprint density at radius 2 is 1.74 bits per heavy atom. The van der Waals surface area contributed by atoms with Crippen LogP contribution in [-0.2, 0) is 0 Å². The molecular formula is C23H23F2N5O. The molecule has 2 N–H and O–H groups in total. The number of carbonyl (C=O) groups excluding carboxylic acids is 1. The Labute approximate surface area is 179 Å². The van der Waals surface area contributed by atoms with Crippen molar-refractivity contribution in [3.63, 3.8) is 0 Å². The first-order chi connectivity index (χ1) is 15.0. The smallest absolute Gasteiger partial charge is 0.254 e. The van der Waals surface area contributed by atoms with Gasteiger partial charge in [-0.25, -0.2) is 13.8 Å². The summed E-state index contributed by atoms with van der Waals surface area (Å²) in [6, 6.07) is 13.8. The van der Waals surface area contributed by atoms with Crippen molar-refractivity contribution < 1.29 is 13.6 Å². The molecule has 0 spiro atoms. The average molecular weight is 423 g/mol. The van der Waals surface area contributed by atoms with Crippen LogP contribution in [0.2, 0.25) is 0 Å². The van der Waals surface area contributed by atoms with Crippen molar-refractivity contribution in [1.29, 1.82) is 0 Å². The second-order valence-electron chi connectivity index (χ2n) is 7.54. The van der Waals surface area contributed by atoms with Crippen LogP contribution in [0, 0.1) is 18.6 Å². The van der Waals surface area contributed by atoms with E-state index in [1.807, 2.05) is 13.0 Å². The zero-order valence-corrected chi connectivity index (χ0v) is 17.1. The number of aryl methyl sites for hydroxylation is 1. The van der Waals surface area contributed by atoms with Crippen LogP contribution < -0.4 is 15.5 Å². The van der Waals surface area contributed by atoms with Crippen molar-refractivity contribution in [1.82, 2.24) is 15.3 Å². The van der Waals surface area contributed by atoms with E-state index in [9.17, 15) is 13.6 Å². The van der Waals surface area contributed by atoms with Crippen molar-refractivity contribution in [2.24, 2.45) is 0 Å². The maximum absolute atomic E-state index is 13.8. The molecule has 6 nitrogen and oxygen atoms in total. The van der Waals surface area contributed by atoms with E-state index in [-0.39, 0.29) is 17.4 Å². The van der Waals surface area contributed by atoms with Crippen LogP contribution in [0.5, 0.6) is 0 Å². The molecule has 0 unspecified atom stereocenters. The van der Waals surface area contributed by atoms with E-state index in [2.05, 4.69) is 25.5 Å². The Bertz CT molecular complexity index is 1070. The third-order valence-corrected chi connectivity index (χ3v) is 5.19. The average Bonchev–Trinajstić information content (AvgIpc) is 2.76. The molecule has 1 aliphatic heterocycles. The van der Waals surface area contributed by atoms with Gasteiger partial charge in [0.05, 0.1) is 5.56 Å². The first-order valence-corrected chi connectivity index (χ1v) is 10.2. The van der Waals surface area contributed by atoms with Crippen LogP contribution in [-0.4, -0.2) is 35.0 Å². The number of halogens is 2. The SMILES string of the molecule is Cc1cc(Nc2ccc(F)cc2)nc(N2CCC(NC(=O)c3ccccc3F)CC2)n1.